The molecule has 1 aliphatic rings. The Morgan fingerprint density at radius 3 is 2.53 bits per heavy atom. The molecule has 0 spiro atoms. The summed E-state index contributed by atoms with van der Waals surface area (Å²) in [5.74, 6) is 0.0810. The lowest BCUT2D eigenvalue weighted by Gasteiger charge is -2.19. The van der Waals surface area contributed by atoms with Gasteiger partial charge in [0.1, 0.15) is 0 Å². The first kappa shape index (κ1) is 9.97. The van der Waals surface area contributed by atoms with Crippen LogP contribution in [0.2, 0.25) is 0 Å². The molecule has 1 aromatic carbocycles. The monoisotopic (exact) mass is 202 g/mol. The van der Waals surface area contributed by atoms with Gasteiger partial charge in [0.15, 0.2) is 5.78 Å². The summed E-state index contributed by atoms with van der Waals surface area (Å²) in [6.45, 7) is 4.09. The lowest BCUT2D eigenvalue weighted by molar-refractivity contribution is 0.102. The van der Waals surface area contributed by atoms with E-state index >= 15 is 0 Å². The van der Waals surface area contributed by atoms with Gasteiger partial charge in [-0.2, -0.15) is 0 Å². The Morgan fingerprint density at radius 1 is 1.27 bits per heavy atom. The van der Waals surface area contributed by atoms with Crippen molar-refractivity contribution in [2.45, 2.75) is 19.3 Å². The van der Waals surface area contributed by atoms with Gasteiger partial charge in [0.05, 0.1) is 13.4 Å². The van der Waals surface area contributed by atoms with E-state index in [-0.39, 0.29) is 11.2 Å². The van der Waals surface area contributed by atoms with E-state index in [2.05, 4.69) is 0 Å². The topological polar surface area (TPSA) is 26.3 Å². The molecule has 0 heterocycles. The highest BCUT2D eigenvalue weighted by Gasteiger charge is 2.40. The van der Waals surface area contributed by atoms with Gasteiger partial charge in [0.25, 0.3) is 0 Å². The zero-order valence-corrected chi connectivity index (χ0v) is 9.20. The number of carbonyl (C=O) groups excluding carboxylic acids is 1. The number of benzene rings is 1. The molecule has 0 bridgehead atoms. The number of ether oxygens (including phenoxy) is 1. The summed E-state index contributed by atoms with van der Waals surface area (Å²) in [6, 6.07) is 7.73. The highest BCUT2D eigenvalue weighted by molar-refractivity contribution is 6.15. The van der Waals surface area contributed by atoms with Crippen molar-refractivity contribution in [1.29, 1.82) is 0 Å². The van der Waals surface area contributed by atoms with E-state index in [1.807, 2.05) is 38.1 Å². The molecule has 78 valence electrons. The molecule has 0 amide bonds. The van der Waals surface area contributed by atoms with Gasteiger partial charge in [-0.1, -0.05) is 38.1 Å². The van der Waals surface area contributed by atoms with Gasteiger partial charge in [-0.3, -0.25) is 4.79 Å². The predicted molar refractivity (Wildman–Crippen MR) is 58.9 cm³/mol. The van der Waals surface area contributed by atoms with Crippen LogP contribution in [0.25, 0.3) is 0 Å². The molecule has 2 heteroatoms. The van der Waals surface area contributed by atoms with Crippen molar-refractivity contribution >= 4 is 5.78 Å². The molecule has 0 unspecified atom stereocenters. The van der Waals surface area contributed by atoms with Crippen LogP contribution >= 0.6 is 0 Å². The molecule has 0 fully saturated rings. The van der Waals surface area contributed by atoms with E-state index < -0.39 is 0 Å². The molecule has 1 aromatic rings. The zero-order valence-electron chi connectivity index (χ0n) is 9.20. The lowest BCUT2D eigenvalue weighted by atomic mass is 9.83. The van der Waals surface area contributed by atoms with Gasteiger partial charge in [-0.15, -0.1) is 0 Å². The van der Waals surface area contributed by atoms with Gasteiger partial charge < -0.3 is 4.74 Å². The average molecular weight is 202 g/mol. The zero-order chi connectivity index (χ0) is 11.1. The average Bonchev–Trinajstić information content (AvgIpc) is 2.41. The van der Waals surface area contributed by atoms with Crippen LogP contribution in [0.3, 0.4) is 0 Å². The molecule has 0 saturated heterocycles. The second kappa shape index (κ2) is 3.23. The Kier molecular flexibility index (Phi) is 2.14. The van der Waals surface area contributed by atoms with Crippen molar-refractivity contribution in [2.24, 2.45) is 0 Å². The second-order valence-electron chi connectivity index (χ2n) is 4.27. The normalized spacial score (nSPS) is 20.5. The standard InChI is InChI=1S/C13H14O2/c1-13(2)10-7-5-4-6-9(10)12(14)11(13)8-15-3/h4-8H,1-3H3/b11-8+. The Balaban J connectivity index is 2.65. The van der Waals surface area contributed by atoms with E-state index in [0.717, 1.165) is 16.7 Å². The summed E-state index contributed by atoms with van der Waals surface area (Å²) in [7, 11) is 1.57. The molecule has 1 aliphatic carbocycles. The predicted octanol–water partition coefficient (Wildman–Crippen LogP) is 2.69. The van der Waals surface area contributed by atoms with E-state index in [1.54, 1.807) is 13.4 Å². The molecule has 0 aliphatic heterocycles. The minimum Gasteiger partial charge on any atom is -0.504 e. The van der Waals surface area contributed by atoms with Gasteiger partial charge >= 0.3 is 0 Å². The van der Waals surface area contributed by atoms with Crippen LogP contribution in [0.5, 0.6) is 0 Å². The molecule has 0 radical (unpaired) electrons. The number of hydrogen-bond acceptors (Lipinski definition) is 2. The third-order valence-corrected chi connectivity index (χ3v) is 3.00. The van der Waals surface area contributed by atoms with Gasteiger partial charge in [-0.25, -0.2) is 0 Å². The van der Waals surface area contributed by atoms with E-state index in [9.17, 15) is 4.79 Å². The molecular formula is C13H14O2. The summed E-state index contributed by atoms with van der Waals surface area (Å²) >= 11 is 0. The van der Waals surface area contributed by atoms with Crippen molar-refractivity contribution < 1.29 is 9.53 Å². The maximum Gasteiger partial charge on any atom is 0.193 e. The Morgan fingerprint density at radius 2 is 1.93 bits per heavy atom. The van der Waals surface area contributed by atoms with E-state index in [4.69, 9.17) is 4.74 Å². The highest BCUT2D eigenvalue weighted by atomic mass is 16.5. The number of ketones is 1. The number of allylic oxidation sites excluding steroid dienone is 1. The highest BCUT2D eigenvalue weighted by Crippen LogP contribution is 2.42. The largest absolute Gasteiger partial charge is 0.504 e. The number of fused-ring (bicyclic) bond motifs is 1. The van der Waals surface area contributed by atoms with Crippen LogP contribution in [-0.4, -0.2) is 12.9 Å². The fourth-order valence-electron chi connectivity index (χ4n) is 2.12. The molecule has 2 rings (SSSR count). The van der Waals surface area contributed by atoms with Gasteiger partial charge in [0, 0.05) is 16.6 Å². The summed E-state index contributed by atoms with van der Waals surface area (Å²) in [4.78, 5) is 12.1. The number of Topliss-reactive ketones (excluding diaryl/α,β-unsaturated/α-hetero) is 1. The maximum absolute atomic E-state index is 12.1. The van der Waals surface area contributed by atoms with Crippen molar-refractivity contribution in [3.05, 3.63) is 47.2 Å². The van der Waals surface area contributed by atoms with Crippen LogP contribution in [0.1, 0.15) is 29.8 Å². The summed E-state index contributed by atoms with van der Waals surface area (Å²) < 4.78 is 4.98. The van der Waals surface area contributed by atoms with Gasteiger partial charge in [0.2, 0.25) is 0 Å². The third-order valence-electron chi connectivity index (χ3n) is 3.00. The fraction of sp³-hybridized carbons (Fsp3) is 0.308. The Hall–Kier alpha value is -1.57. The first-order valence-corrected chi connectivity index (χ1v) is 4.96. The molecule has 0 N–H and O–H groups in total. The third kappa shape index (κ3) is 1.29. The number of rotatable bonds is 1. The van der Waals surface area contributed by atoms with Gasteiger partial charge in [-0.05, 0) is 5.56 Å². The second-order valence-corrected chi connectivity index (χ2v) is 4.27. The summed E-state index contributed by atoms with van der Waals surface area (Å²) in [5.41, 5.74) is 2.36. The number of carbonyl (C=O) groups is 1. The molecule has 0 saturated carbocycles. The molecule has 0 aromatic heterocycles. The van der Waals surface area contributed by atoms with Crippen LogP contribution in [0.4, 0.5) is 0 Å². The Bertz CT molecular complexity index is 442. The maximum atomic E-state index is 12.1. The first-order valence-electron chi connectivity index (χ1n) is 4.96. The van der Waals surface area contributed by atoms with Crippen molar-refractivity contribution in [2.75, 3.05) is 7.11 Å². The Labute approximate surface area is 89.6 Å². The van der Waals surface area contributed by atoms with Crippen LogP contribution in [0, 0.1) is 0 Å². The van der Waals surface area contributed by atoms with Crippen molar-refractivity contribution in [3.63, 3.8) is 0 Å². The van der Waals surface area contributed by atoms with E-state index in [1.165, 1.54) is 0 Å². The lowest BCUT2D eigenvalue weighted by Crippen LogP contribution is -2.17. The number of methoxy groups -OCH3 is 1. The smallest absolute Gasteiger partial charge is 0.193 e. The summed E-state index contributed by atoms with van der Waals surface area (Å²) in [5, 5.41) is 0. The van der Waals surface area contributed by atoms with Crippen molar-refractivity contribution in [3.8, 4) is 0 Å². The quantitative estimate of drug-likeness (QED) is 0.517. The minimum atomic E-state index is -0.246. The molecule has 2 nitrogen and oxygen atoms in total. The SMILES string of the molecule is CO/C=C1\C(=O)c2ccccc2C1(C)C. The van der Waals surface area contributed by atoms with Crippen LogP contribution in [0.15, 0.2) is 36.1 Å². The van der Waals surface area contributed by atoms with Crippen LogP contribution in [-0.2, 0) is 10.2 Å². The first-order chi connectivity index (χ1) is 7.09. The molecular weight excluding hydrogens is 188 g/mol. The fourth-order valence-corrected chi connectivity index (χ4v) is 2.12. The summed E-state index contributed by atoms with van der Waals surface area (Å²) in [6.07, 6.45) is 1.56. The van der Waals surface area contributed by atoms with Crippen LogP contribution < -0.4 is 0 Å². The number of hydrogen-bond donors (Lipinski definition) is 0. The molecule has 15 heavy (non-hydrogen) atoms. The van der Waals surface area contributed by atoms with E-state index in [0.29, 0.717) is 0 Å². The van der Waals surface area contributed by atoms with Crippen molar-refractivity contribution in [1.82, 2.24) is 0 Å². The minimum absolute atomic E-state index is 0.0810. The molecule has 0 atom stereocenters.